The average Bonchev–Trinajstić information content (AvgIpc) is 2.49. The minimum absolute atomic E-state index is 0. The van der Waals surface area contributed by atoms with E-state index >= 15 is 0 Å². The van der Waals surface area contributed by atoms with Crippen molar-refractivity contribution in [3.63, 3.8) is 0 Å². The van der Waals surface area contributed by atoms with Gasteiger partial charge in [0.1, 0.15) is 11.6 Å². The van der Waals surface area contributed by atoms with Crippen molar-refractivity contribution in [2.45, 2.75) is 19.3 Å². The van der Waals surface area contributed by atoms with Gasteiger partial charge in [0.15, 0.2) is 5.96 Å². The van der Waals surface area contributed by atoms with E-state index in [2.05, 4.69) is 15.3 Å². The molecule has 4 nitrogen and oxygen atoms in total. The molecule has 0 radical (unpaired) electrons. The molecular weight excluding hydrogens is 430 g/mol. The Morgan fingerprint density at radius 2 is 2.04 bits per heavy atom. The van der Waals surface area contributed by atoms with Crippen molar-refractivity contribution >= 4 is 47.4 Å². The summed E-state index contributed by atoms with van der Waals surface area (Å²) in [5.41, 5.74) is 5.81. The Balaban J connectivity index is 0.00000264. The summed E-state index contributed by atoms with van der Waals surface area (Å²) in [7, 11) is 0. The van der Waals surface area contributed by atoms with Gasteiger partial charge >= 0.3 is 0 Å². The molecule has 0 aliphatic heterocycles. The van der Waals surface area contributed by atoms with Gasteiger partial charge in [0.2, 0.25) is 0 Å². The molecule has 0 aliphatic rings. The van der Waals surface area contributed by atoms with Crippen molar-refractivity contribution < 1.29 is 4.39 Å². The van der Waals surface area contributed by atoms with Crippen molar-refractivity contribution in [1.29, 1.82) is 0 Å². The highest BCUT2D eigenvalue weighted by molar-refractivity contribution is 14.0. The fourth-order valence-corrected chi connectivity index (χ4v) is 2.18. The van der Waals surface area contributed by atoms with Crippen LogP contribution in [0.2, 0.25) is 5.02 Å². The van der Waals surface area contributed by atoms with E-state index in [9.17, 15) is 4.39 Å². The first-order valence-electron chi connectivity index (χ1n) is 6.82. The highest BCUT2D eigenvalue weighted by Gasteiger charge is 2.25. The SMILES string of the molecule is CC(C)(CN=C(N)Nc1ccccn1)c1cccc(Cl)c1F.I. The zero-order valence-electron chi connectivity index (χ0n) is 12.9. The van der Waals surface area contributed by atoms with Gasteiger partial charge < -0.3 is 11.1 Å². The molecule has 0 aliphatic carbocycles. The summed E-state index contributed by atoms with van der Waals surface area (Å²) >= 11 is 5.83. The molecular formula is C16H19ClFIN4. The van der Waals surface area contributed by atoms with Crippen molar-refractivity contribution in [2.75, 3.05) is 11.9 Å². The molecule has 0 fully saturated rings. The number of benzene rings is 1. The molecule has 0 atom stereocenters. The number of aliphatic imine (C=N–C) groups is 1. The van der Waals surface area contributed by atoms with Crippen molar-refractivity contribution in [3.8, 4) is 0 Å². The van der Waals surface area contributed by atoms with Crippen LogP contribution in [0.1, 0.15) is 19.4 Å². The monoisotopic (exact) mass is 448 g/mol. The first-order chi connectivity index (χ1) is 10.4. The Bertz CT molecular complexity index is 677. The number of pyridine rings is 1. The van der Waals surface area contributed by atoms with Crippen LogP contribution in [0.4, 0.5) is 10.2 Å². The number of nitrogens with one attached hydrogen (secondary N) is 1. The molecule has 0 spiro atoms. The third-order valence-electron chi connectivity index (χ3n) is 3.25. The molecule has 0 saturated heterocycles. The Morgan fingerprint density at radius 1 is 1.30 bits per heavy atom. The summed E-state index contributed by atoms with van der Waals surface area (Å²) in [5, 5.41) is 2.99. The molecule has 1 aromatic carbocycles. The minimum Gasteiger partial charge on any atom is -0.370 e. The number of aromatic nitrogens is 1. The molecule has 23 heavy (non-hydrogen) atoms. The van der Waals surface area contributed by atoms with Crippen LogP contribution in [0.15, 0.2) is 47.6 Å². The molecule has 0 unspecified atom stereocenters. The topological polar surface area (TPSA) is 63.3 Å². The molecule has 0 bridgehead atoms. The highest BCUT2D eigenvalue weighted by atomic mass is 127. The first-order valence-corrected chi connectivity index (χ1v) is 7.20. The third-order valence-corrected chi connectivity index (χ3v) is 3.54. The van der Waals surface area contributed by atoms with Gasteiger partial charge in [-0.2, -0.15) is 0 Å². The number of hydrogen-bond acceptors (Lipinski definition) is 2. The largest absolute Gasteiger partial charge is 0.370 e. The van der Waals surface area contributed by atoms with Gasteiger partial charge in [-0.3, -0.25) is 4.99 Å². The summed E-state index contributed by atoms with van der Waals surface area (Å²) in [6.45, 7) is 4.09. The van der Waals surface area contributed by atoms with Crippen LogP contribution in [-0.2, 0) is 5.41 Å². The van der Waals surface area contributed by atoms with Gasteiger partial charge in [0, 0.05) is 11.6 Å². The van der Waals surface area contributed by atoms with Gasteiger partial charge in [-0.05, 0) is 23.8 Å². The third kappa shape index (κ3) is 5.31. The summed E-state index contributed by atoms with van der Waals surface area (Å²) < 4.78 is 14.1. The van der Waals surface area contributed by atoms with E-state index in [-0.39, 0.29) is 35.0 Å². The standard InChI is InChI=1S/C16H18ClFN4.HI/c1-16(2,11-6-5-7-12(17)14(11)18)10-21-15(19)22-13-8-3-4-9-20-13;/h3-9H,10H2,1-2H3,(H3,19,20,21,22);1H. The van der Waals surface area contributed by atoms with E-state index in [0.29, 0.717) is 17.9 Å². The Labute approximate surface area is 157 Å². The second kappa shape index (κ2) is 8.44. The number of hydrogen-bond donors (Lipinski definition) is 2. The summed E-state index contributed by atoms with van der Waals surface area (Å²) in [6.07, 6.45) is 1.65. The molecule has 7 heteroatoms. The molecule has 2 aromatic rings. The molecule has 0 saturated carbocycles. The average molecular weight is 449 g/mol. The van der Waals surface area contributed by atoms with Gasteiger partial charge in [-0.15, -0.1) is 24.0 Å². The lowest BCUT2D eigenvalue weighted by Crippen LogP contribution is -2.28. The maximum atomic E-state index is 14.1. The van der Waals surface area contributed by atoms with Crippen LogP contribution in [0, 0.1) is 5.82 Å². The van der Waals surface area contributed by atoms with Crippen molar-refractivity contribution in [3.05, 3.63) is 59.0 Å². The summed E-state index contributed by atoms with van der Waals surface area (Å²) in [6, 6.07) is 10.4. The van der Waals surface area contributed by atoms with Crippen LogP contribution in [0.25, 0.3) is 0 Å². The number of anilines is 1. The van der Waals surface area contributed by atoms with Crippen LogP contribution in [-0.4, -0.2) is 17.5 Å². The van der Waals surface area contributed by atoms with E-state index in [4.69, 9.17) is 17.3 Å². The lowest BCUT2D eigenvalue weighted by molar-refractivity contribution is 0.494. The molecule has 1 heterocycles. The molecule has 1 aromatic heterocycles. The zero-order chi connectivity index (χ0) is 16.2. The second-order valence-electron chi connectivity index (χ2n) is 5.53. The predicted octanol–water partition coefficient (Wildman–Crippen LogP) is 4.20. The van der Waals surface area contributed by atoms with E-state index in [0.717, 1.165) is 0 Å². The zero-order valence-corrected chi connectivity index (χ0v) is 16.0. The number of guanidine groups is 1. The Kier molecular flexibility index (Phi) is 7.21. The predicted molar refractivity (Wildman–Crippen MR) is 104 cm³/mol. The number of rotatable bonds is 4. The van der Waals surface area contributed by atoms with Crippen molar-refractivity contribution in [1.82, 2.24) is 4.98 Å². The Hall–Kier alpha value is -1.41. The first kappa shape index (κ1) is 19.6. The molecule has 0 amide bonds. The summed E-state index contributed by atoms with van der Waals surface area (Å²) in [5.74, 6) is 0.422. The van der Waals surface area contributed by atoms with Gasteiger partial charge in [-0.25, -0.2) is 9.37 Å². The minimum atomic E-state index is -0.536. The maximum Gasteiger partial charge on any atom is 0.194 e. The van der Waals surface area contributed by atoms with Gasteiger partial charge in [0.05, 0.1) is 11.6 Å². The van der Waals surface area contributed by atoms with Crippen LogP contribution >= 0.6 is 35.6 Å². The molecule has 3 N–H and O–H groups in total. The quantitative estimate of drug-likeness (QED) is 0.419. The smallest absolute Gasteiger partial charge is 0.194 e. The molecule has 124 valence electrons. The lowest BCUT2D eigenvalue weighted by Gasteiger charge is -2.24. The van der Waals surface area contributed by atoms with E-state index in [1.54, 1.807) is 24.4 Å². The van der Waals surface area contributed by atoms with Gasteiger partial charge in [-0.1, -0.05) is 43.6 Å². The van der Waals surface area contributed by atoms with E-state index in [1.807, 2.05) is 26.0 Å². The highest BCUT2D eigenvalue weighted by Crippen LogP contribution is 2.29. The molecule has 2 rings (SSSR count). The summed E-state index contributed by atoms with van der Waals surface area (Å²) in [4.78, 5) is 8.37. The normalized spacial score (nSPS) is 11.7. The maximum absolute atomic E-state index is 14.1. The van der Waals surface area contributed by atoms with Crippen LogP contribution in [0.5, 0.6) is 0 Å². The number of nitrogens with zero attached hydrogens (tertiary/aromatic N) is 2. The number of halogens is 3. The van der Waals surface area contributed by atoms with E-state index in [1.165, 1.54) is 6.07 Å². The fourth-order valence-electron chi connectivity index (χ4n) is 2.00. The fraction of sp³-hybridized carbons (Fsp3) is 0.250. The lowest BCUT2D eigenvalue weighted by atomic mass is 9.84. The Morgan fingerprint density at radius 3 is 2.70 bits per heavy atom. The van der Waals surface area contributed by atoms with Crippen LogP contribution < -0.4 is 11.1 Å². The second-order valence-corrected chi connectivity index (χ2v) is 5.93. The number of nitrogens with two attached hydrogens (primary N) is 1. The van der Waals surface area contributed by atoms with Gasteiger partial charge in [0.25, 0.3) is 0 Å². The van der Waals surface area contributed by atoms with Crippen molar-refractivity contribution in [2.24, 2.45) is 10.7 Å². The van der Waals surface area contributed by atoms with E-state index < -0.39 is 11.2 Å². The van der Waals surface area contributed by atoms with Crippen LogP contribution in [0.3, 0.4) is 0 Å².